The number of amides is 2. The second-order valence-electron chi connectivity index (χ2n) is 6.01. The lowest BCUT2D eigenvalue weighted by molar-refractivity contribution is -0.150. The first-order chi connectivity index (χ1) is 9.29. The minimum absolute atomic E-state index is 0.0617. The summed E-state index contributed by atoms with van der Waals surface area (Å²) in [4.78, 5) is 22.8. The largest absolute Gasteiger partial charge is 0.481 e. The van der Waals surface area contributed by atoms with Gasteiger partial charge in [-0.1, -0.05) is 0 Å². The zero-order valence-electron chi connectivity index (χ0n) is 12.7. The van der Waals surface area contributed by atoms with Gasteiger partial charge in [-0.15, -0.1) is 0 Å². The van der Waals surface area contributed by atoms with Gasteiger partial charge in [0.15, 0.2) is 0 Å². The molecule has 0 aliphatic rings. The number of hydrogen-bond donors (Lipinski definition) is 3. The van der Waals surface area contributed by atoms with E-state index in [1.165, 1.54) is 13.8 Å². The molecule has 21 heavy (non-hydrogen) atoms. The first kappa shape index (κ1) is 19.5. The summed E-state index contributed by atoms with van der Waals surface area (Å²) in [6, 6.07) is -0.596. The Kier molecular flexibility index (Phi) is 6.51. The molecule has 124 valence electrons. The van der Waals surface area contributed by atoms with Gasteiger partial charge < -0.3 is 15.7 Å². The maximum Gasteiger partial charge on any atom is 0.389 e. The number of urea groups is 1. The zero-order chi connectivity index (χ0) is 16.9. The van der Waals surface area contributed by atoms with Crippen molar-refractivity contribution >= 4 is 12.0 Å². The molecule has 0 fully saturated rings. The molecule has 5 nitrogen and oxygen atoms in total. The fourth-order valence-corrected chi connectivity index (χ4v) is 1.40. The Morgan fingerprint density at radius 1 is 1.05 bits per heavy atom. The molecular formula is C13H23F3N2O3. The summed E-state index contributed by atoms with van der Waals surface area (Å²) in [7, 11) is 0. The molecule has 0 aliphatic carbocycles. The Morgan fingerprint density at radius 3 is 2.00 bits per heavy atom. The van der Waals surface area contributed by atoms with Gasteiger partial charge in [0, 0.05) is 13.0 Å². The van der Waals surface area contributed by atoms with E-state index in [9.17, 15) is 22.8 Å². The predicted octanol–water partition coefficient (Wildman–Crippen LogP) is 2.91. The second kappa shape index (κ2) is 7.00. The van der Waals surface area contributed by atoms with Crippen LogP contribution in [0.4, 0.5) is 18.0 Å². The SMILES string of the molecule is CC(C)(NC(=O)NCCCCC(F)(F)F)C(C)(C)C(=O)O. The van der Waals surface area contributed by atoms with E-state index in [2.05, 4.69) is 10.6 Å². The van der Waals surface area contributed by atoms with E-state index in [1.807, 2.05) is 0 Å². The maximum absolute atomic E-state index is 11.9. The number of nitrogens with one attached hydrogen (secondary N) is 2. The van der Waals surface area contributed by atoms with Crippen LogP contribution in [0.3, 0.4) is 0 Å². The molecule has 0 heterocycles. The van der Waals surface area contributed by atoms with Crippen LogP contribution in [0.1, 0.15) is 47.0 Å². The number of halogens is 3. The van der Waals surface area contributed by atoms with Gasteiger partial charge in [0.1, 0.15) is 0 Å². The number of aliphatic carboxylic acids is 1. The number of alkyl halides is 3. The highest BCUT2D eigenvalue weighted by atomic mass is 19.4. The van der Waals surface area contributed by atoms with Crippen molar-refractivity contribution in [2.24, 2.45) is 5.41 Å². The summed E-state index contributed by atoms with van der Waals surface area (Å²) < 4.78 is 35.7. The van der Waals surface area contributed by atoms with Gasteiger partial charge in [-0.25, -0.2) is 4.79 Å². The van der Waals surface area contributed by atoms with Gasteiger partial charge >= 0.3 is 18.2 Å². The molecule has 0 atom stereocenters. The van der Waals surface area contributed by atoms with Crippen LogP contribution in [-0.2, 0) is 4.79 Å². The third-order valence-corrected chi connectivity index (χ3v) is 3.70. The van der Waals surface area contributed by atoms with Crippen molar-refractivity contribution in [3.8, 4) is 0 Å². The smallest absolute Gasteiger partial charge is 0.389 e. The maximum atomic E-state index is 11.9. The van der Waals surface area contributed by atoms with E-state index in [1.54, 1.807) is 13.8 Å². The van der Waals surface area contributed by atoms with E-state index < -0.39 is 35.6 Å². The van der Waals surface area contributed by atoms with E-state index >= 15 is 0 Å². The van der Waals surface area contributed by atoms with Crippen LogP contribution in [0.25, 0.3) is 0 Å². The molecular weight excluding hydrogens is 289 g/mol. The van der Waals surface area contributed by atoms with Gasteiger partial charge in [0.2, 0.25) is 0 Å². The lowest BCUT2D eigenvalue weighted by Gasteiger charge is -2.38. The predicted molar refractivity (Wildman–Crippen MR) is 71.9 cm³/mol. The summed E-state index contributed by atoms with van der Waals surface area (Å²) in [5, 5.41) is 14.1. The molecule has 0 saturated heterocycles. The van der Waals surface area contributed by atoms with Crippen LogP contribution in [0.5, 0.6) is 0 Å². The monoisotopic (exact) mass is 312 g/mol. The average Bonchev–Trinajstić information content (AvgIpc) is 2.25. The first-order valence-corrected chi connectivity index (χ1v) is 6.66. The van der Waals surface area contributed by atoms with Crippen molar-refractivity contribution in [1.29, 1.82) is 0 Å². The number of hydrogen-bond acceptors (Lipinski definition) is 2. The van der Waals surface area contributed by atoms with E-state index in [0.717, 1.165) is 0 Å². The summed E-state index contributed by atoms with van der Waals surface area (Å²) in [6.07, 6.45) is -4.92. The van der Waals surface area contributed by atoms with Crippen molar-refractivity contribution in [3.05, 3.63) is 0 Å². The van der Waals surface area contributed by atoms with Crippen LogP contribution in [-0.4, -0.2) is 35.4 Å². The molecule has 0 aromatic carbocycles. The molecule has 3 N–H and O–H groups in total. The Morgan fingerprint density at radius 2 is 1.57 bits per heavy atom. The fraction of sp³-hybridized carbons (Fsp3) is 0.846. The molecule has 0 aromatic heterocycles. The Balaban J connectivity index is 4.18. The number of carboxylic acid groups (broad SMARTS) is 1. The number of rotatable bonds is 7. The summed E-state index contributed by atoms with van der Waals surface area (Å²) in [5.74, 6) is -1.06. The third kappa shape index (κ3) is 6.68. The second-order valence-corrected chi connectivity index (χ2v) is 6.01. The zero-order valence-corrected chi connectivity index (χ0v) is 12.7. The molecule has 8 heteroatoms. The highest BCUT2D eigenvalue weighted by Crippen LogP contribution is 2.30. The van der Waals surface area contributed by atoms with Crippen LogP contribution < -0.4 is 10.6 Å². The number of carbonyl (C=O) groups excluding carboxylic acids is 1. The van der Waals surface area contributed by atoms with Crippen molar-refractivity contribution < 1.29 is 27.9 Å². The highest BCUT2D eigenvalue weighted by molar-refractivity contribution is 5.79. The first-order valence-electron chi connectivity index (χ1n) is 6.66. The van der Waals surface area contributed by atoms with Crippen molar-refractivity contribution in [3.63, 3.8) is 0 Å². The molecule has 0 aromatic rings. The van der Waals surface area contributed by atoms with Gasteiger partial charge in [-0.3, -0.25) is 4.79 Å². The Bertz CT molecular complexity index is 379. The summed E-state index contributed by atoms with van der Waals surface area (Å²) in [6.45, 7) is 6.22. The topological polar surface area (TPSA) is 78.4 Å². The van der Waals surface area contributed by atoms with Crippen molar-refractivity contribution in [2.45, 2.75) is 58.7 Å². The Hall–Kier alpha value is -1.47. The van der Waals surface area contributed by atoms with Crippen LogP contribution >= 0.6 is 0 Å². The van der Waals surface area contributed by atoms with Crippen LogP contribution in [0, 0.1) is 5.41 Å². The minimum Gasteiger partial charge on any atom is -0.481 e. The molecule has 0 spiro atoms. The number of unbranched alkanes of at least 4 members (excludes halogenated alkanes) is 1. The van der Waals surface area contributed by atoms with Gasteiger partial charge in [0.25, 0.3) is 0 Å². The van der Waals surface area contributed by atoms with E-state index in [0.29, 0.717) is 0 Å². The van der Waals surface area contributed by atoms with Crippen molar-refractivity contribution in [2.75, 3.05) is 6.54 Å². The standard InChI is InChI=1S/C13H23F3N2O3/c1-11(2,9(19)20)12(3,4)18-10(21)17-8-6-5-7-13(14,15)16/h5-8H2,1-4H3,(H,19,20)(H2,17,18,21). The quantitative estimate of drug-likeness (QED) is 0.632. The molecule has 0 radical (unpaired) electrons. The summed E-state index contributed by atoms with van der Waals surface area (Å²) >= 11 is 0. The van der Waals surface area contributed by atoms with Crippen LogP contribution in [0.15, 0.2) is 0 Å². The lowest BCUT2D eigenvalue weighted by atomic mass is 9.74. The molecule has 0 unspecified atom stereocenters. The van der Waals surface area contributed by atoms with Gasteiger partial charge in [0.05, 0.1) is 11.0 Å². The molecule has 0 rings (SSSR count). The minimum atomic E-state index is -4.18. The Labute approximate surface area is 122 Å². The molecule has 0 bridgehead atoms. The van der Waals surface area contributed by atoms with Crippen molar-refractivity contribution in [1.82, 2.24) is 10.6 Å². The van der Waals surface area contributed by atoms with Gasteiger partial charge in [-0.2, -0.15) is 13.2 Å². The van der Waals surface area contributed by atoms with Gasteiger partial charge in [-0.05, 0) is 40.5 Å². The van der Waals surface area contributed by atoms with Crippen LogP contribution in [0.2, 0.25) is 0 Å². The normalized spacial score (nSPS) is 12.9. The fourth-order valence-electron chi connectivity index (χ4n) is 1.40. The molecule has 2 amide bonds. The number of carboxylic acids is 1. The van der Waals surface area contributed by atoms with E-state index in [-0.39, 0.29) is 19.4 Å². The third-order valence-electron chi connectivity index (χ3n) is 3.70. The molecule has 0 aliphatic heterocycles. The summed E-state index contributed by atoms with van der Waals surface area (Å²) in [5.41, 5.74) is -2.21. The number of carbonyl (C=O) groups is 2. The molecule has 0 saturated carbocycles. The average molecular weight is 312 g/mol. The highest BCUT2D eigenvalue weighted by Gasteiger charge is 2.44. The van der Waals surface area contributed by atoms with E-state index in [4.69, 9.17) is 5.11 Å². The lowest BCUT2D eigenvalue weighted by Crippen LogP contribution is -2.59.